The maximum atomic E-state index is 14.3. The highest BCUT2D eigenvalue weighted by Gasteiger charge is 2.67. The predicted molar refractivity (Wildman–Crippen MR) is 183 cm³/mol. The van der Waals surface area contributed by atoms with E-state index in [2.05, 4.69) is 41.3 Å². The molecule has 1 aromatic carbocycles. The van der Waals surface area contributed by atoms with E-state index in [0.29, 0.717) is 52.3 Å². The Bertz CT molecular complexity index is 2180. The topological polar surface area (TPSA) is 150 Å². The molecule has 2 fully saturated rings. The lowest BCUT2D eigenvalue weighted by Gasteiger charge is -2.27. The maximum absolute atomic E-state index is 14.3. The van der Waals surface area contributed by atoms with E-state index in [1.807, 2.05) is 60.3 Å². The first-order valence-corrected chi connectivity index (χ1v) is 16.8. The van der Waals surface area contributed by atoms with Gasteiger partial charge in [-0.05, 0) is 71.6 Å². The molecule has 14 heteroatoms. The summed E-state index contributed by atoms with van der Waals surface area (Å²) in [5.41, 5.74) is 3.76. The van der Waals surface area contributed by atoms with Gasteiger partial charge in [-0.15, -0.1) is 0 Å². The Labute approximate surface area is 289 Å². The van der Waals surface area contributed by atoms with Gasteiger partial charge in [-0.3, -0.25) is 23.7 Å². The van der Waals surface area contributed by atoms with Gasteiger partial charge in [-0.2, -0.15) is 10.2 Å². The monoisotopic (exact) mass is 721 g/mol. The number of fused-ring (bicyclic) bond motifs is 5. The summed E-state index contributed by atoms with van der Waals surface area (Å²) >= 11 is 3.42. The molecule has 49 heavy (non-hydrogen) atoms. The molecule has 1 aliphatic carbocycles. The molecule has 13 nitrogen and oxygen atoms in total. The molecule has 1 unspecified atom stereocenters. The van der Waals surface area contributed by atoms with E-state index in [-0.39, 0.29) is 47.9 Å². The summed E-state index contributed by atoms with van der Waals surface area (Å²) in [4.78, 5) is 56.0. The Kier molecular flexibility index (Phi) is 7.71. The second-order valence-electron chi connectivity index (χ2n) is 12.9. The number of ketones is 1. The van der Waals surface area contributed by atoms with Crippen LogP contribution in [0.2, 0.25) is 0 Å². The highest BCUT2D eigenvalue weighted by molar-refractivity contribution is 9.10. The number of piperidine rings is 1. The molecule has 0 radical (unpaired) electrons. The number of benzene rings is 1. The summed E-state index contributed by atoms with van der Waals surface area (Å²) < 4.78 is 9.87. The molecule has 4 aromatic heterocycles. The van der Waals surface area contributed by atoms with Crippen LogP contribution in [-0.2, 0) is 34.0 Å². The number of Topliss-reactive ketones (excluding diaryl/α,β-unsaturated/α-hetero) is 1. The number of amides is 2. The van der Waals surface area contributed by atoms with Crippen molar-refractivity contribution in [2.75, 3.05) is 11.9 Å². The van der Waals surface area contributed by atoms with Gasteiger partial charge in [-0.25, -0.2) is 15.0 Å². The van der Waals surface area contributed by atoms with E-state index in [1.165, 1.54) is 6.92 Å². The number of aryl methyl sites for hydroxylation is 1. The average Bonchev–Trinajstić information content (AvgIpc) is 3.34. The minimum absolute atomic E-state index is 0.141. The van der Waals surface area contributed by atoms with Gasteiger partial charge in [-0.1, -0.05) is 18.2 Å². The Balaban J connectivity index is 1.13. The molecule has 2 aliphatic heterocycles. The second kappa shape index (κ2) is 12.1. The lowest BCUT2D eigenvalue weighted by Crippen LogP contribution is -2.47. The Morgan fingerprint density at radius 3 is 2.73 bits per heavy atom. The quantitative estimate of drug-likeness (QED) is 0.208. The van der Waals surface area contributed by atoms with E-state index < -0.39 is 6.04 Å². The van der Waals surface area contributed by atoms with Crippen LogP contribution in [0.15, 0.2) is 65.7 Å². The zero-order chi connectivity index (χ0) is 33.9. The molecule has 3 atom stereocenters. The first-order valence-electron chi connectivity index (χ1n) is 16.0. The van der Waals surface area contributed by atoms with Gasteiger partial charge in [0.05, 0.1) is 24.4 Å². The summed E-state index contributed by atoms with van der Waals surface area (Å²) in [6.45, 7) is 4.30. The van der Waals surface area contributed by atoms with Crippen LogP contribution in [0, 0.1) is 12.3 Å². The lowest BCUT2D eigenvalue weighted by molar-refractivity contribution is -0.138. The van der Waals surface area contributed by atoms with Crippen molar-refractivity contribution in [3.63, 3.8) is 0 Å². The fourth-order valence-electron chi connectivity index (χ4n) is 7.10. The molecule has 1 spiro atoms. The molecule has 2 amide bonds. The number of carbonyl (C=O) groups is 3. The van der Waals surface area contributed by atoms with Crippen molar-refractivity contribution in [1.82, 2.24) is 39.4 Å². The molecule has 1 saturated carbocycles. The standard InChI is InChI=1S/C35H32BrN9O4/c1-20(46)32-26-12-22(24-15-37-21(2)38-16-24)5-7-27(26)44(42-32)17-31(47)45-28-13-35(14-29(35)45)19-43-10-9-25(41-43)4-3-11-49-18-23-6-8-30(36)39-33(23)40-34(28)48/h3-10,12,15-16,28-29H,11,13-14,17-19H2,1-2H3,(H,39,40,48)/b4-3+/t28-,29?,35-/m0/s1. The zero-order valence-corrected chi connectivity index (χ0v) is 28.4. The Morgan fingerprint density at radius 1 is 1.08 bits per heavy atom. The highest BCUT2D eigenvalue weighted by Crippen LogP contribution is 2.60. The number of pyridine rings is 1. The average molecular weight is 723 g/mol. The molecule has 1 saturated heterocycles. The molecular weight excluding hydrogens is 690 g/mol. The van der Waals surface area contributed by atoms with Crippen molar-refractivity contribution in [3.8, 4) is 11.1 Å². The van der Waals surface area contributed by atoms with Gasteiger partial charge in [0.1, 0.15) is 34.5 Å². The fraction of sp³-hybridized carbons (Fsp3) is 0.314. The molecular formula is C35H32BrN9O4. The van der Waals surface area contributed by atoms with E-state index >= 15 is 0 Å². The van der Waals surface area contributed by atoms with Crippen LogP contribution in [0.4, 0.5) is 5.82 Å². The SMILES string of the molecule is CC(=O)c1nn(CC(=O)N2C3C[C@]34C[C@H]2C(=O)Nc2nc(Br)ccc2COC/C=C/c2ccn(n2)C4)c2ccc(-c3cnc(C)nc3)cc12. The van der Waals surface area contributed by atoms with E-state index in [9.17, 15) is 14.4 Å². The third kappa shape index (κ3) is 5.84. The summed E-state index contributed by atoms with van der Waals surface area (Å²) in [5, 5.41) is 13.0. The number of hydrogen-bond donors (Lipinski definition) is 1. The Hall–Kier alpha value is -5.08. The number of rotatable bonds is 4. The van der Waals surface area contributed by atoms with Gasteiger partial charge in [0.2, 0.25) is 11.8 Å². The van der Waals surface area contributed by atoms with Crippen LogP contribution in [0.25, 0.3) is 28.1 Å². The lowest BCUT2D eigenvalue weighted by atomic mass is 9.99. The molecule has 4 bridgehead atoms. The predicted octanol–water partition coefficient (Wildman–Crippen LogP) is 4.60. The van der Waals surface area contributed by atoms with Gasteiger partial charge in [0, 0.05) is 60.0 Å². The smallest absolute Gasteiger partial charge is 0.248 e. The van der Waals surface area contributed by atoms with Crippen molar-refractivity contribution in [2.45, 2.75) is 58.5 Å². The van der Waals surface area contributed by atoms with Gasteiger partial charge >= 0.3 is 0 Å². The van der Waals surface area contributed by atoms with E-state index in [4.69, 9.17) is 9.84 Å². The maximum Gasteiger partial charge on any atom is 0.248 e. The van der Waals surface area contributed by atoms with Crippen molar-refractivity contribution in [3.05, 3.63) is 88.4 Å². The summed E-state index contributed by atoms with van der Waals surface area (Å²) in [6, 6.07) is 10.3. The van der Waals surface area contributed by atoms with Crippen LogP contribution in [0.3, 0.4) is 0 Å². The van der Waals surface area contributed by atoms with Crippen LogP contribution in [-0.4, -0.2) is 75.7 Å². The summed E-state index contributed by atoms with van der Waals surface area (Å²) in [6.07, 6.45) is 10.4. The minimum Gasteiger partial charge on any atom is -0.373 e. The number of ether oxygens (including phenoxy) is 1. The number of hydrogen-bond acceptors (Lipinski definition) is 9. The number of aromatic nitrogens is 7. The summed E-state index contributed by atoms with van der Waals surface area (Å²) in [5.74, 6) is 0.248. The van der Waals surface area contributed by atoms with E-state index in [0.717, 1.165) is 23.2 Å². The number of anilines is 1. The van der Waals surface area contributed by atoms with Crippen LogP contribution < -0.4 is 5.32 Å². The second-order valence-corrected chi connectivity index (χ2v) is 13.7. The Morgan fingerprint density at radius 2 is 1.92 bits per heavy atom. The largest absolute Gasteiger partial charge is 0.373 e. The van der Waals surface area contributed by atoms with Crippen LogP contribution >= 0.6 is 15.9 Å². The molecule has 6 heterocycles. The number of halogens is 1. The van der Waals surface area contributed by atoms with Gasteiger partial charge in [0.15, 0.2) is 5.78 Å². The van der Waals surface area contributed by atoms with Gasteiger partial charge in [0.25, 0.3) is 0 Å². The van der Waals surface area contributed by atoms with Crippen molar-refractivity contribution >= 4 is 56.3 Å². The molecule has 8 rings (SSSR count). The number of likely N-dealkylation sites (tertiary alicyclic amines) is 1. The zero-order valence-electron chi connectivity index (χ0n) is 26.8. The van der Waals surface area contributed by atoms with E-state index in [1.54, 1.807) is 28.0 Å². The van der Waals surface area contributed by atoms with Gasteiger partial charge < -0.3 is 15.0 Å². The van der Waals surface area contributed by atoms with Crippen molar-refractivity contribution in [2.24, 2.45) is 5.41 Å². The molecule has 248 valence electrons. The van der Waals surface area contributed by atoms with Crippen molar-refractivity contribution in [1.29, 1.82) is 0 Å². The fourth-order valence-corrected chi connectivity index (χ4v) is 7.41. The third-order valence-electron chi connectivity index (χ3n) is 9.58. The molecule has 3 aliphatic rings. The highest BCUT2D eigenvalue weighted by atomic mass is 79.9. The summed E-state index contributed by atoms with van der Waals surface area (Å²) in [7, 11) is 0. The molecule has 1 N–H and O–H groups in total. The van der Waals surface area contributed by atoms with Crippen LogP contribution in [0.1, 0.15) is 47.3 Å². The normalized spacial score (nSPS) is 22.3. The molecule has 5 aromatic rings. The number of carbonyl (C=O) groups excluding carboxylic acids is 3. The number of nitrogens with zero attached hydrogens (tertiary/aromatic N) is 8. The number of nitrogens with one attached hydrogen (secondary N) is 1. The first-order chi connectivity index (χ1) is 23.7. The third-order valence-corrected chi connectivity index (χ3v) is 10.0. The first kappa shape index (κ1) is 31.2. The van der Waals surface area contributed by atoms with Crippen molar-refractivity contribution < 1.29 is 19.1 Å². The minimum atomic E-state index is -0.745. The van der Waals surface area contributed by atoms with Crippen LogP contribution in [0.5, 0.6) is 0 Å².